The Morgan fingerprint density at radius 3 is 1.91 bits per heavy atom. The molecule has 1 fully saturated rings. The van der Waals surface area contributed by atoms with Crippen molar-refractivity contribution >= 4 is 92.2 Å². The minimum Gasteiger partial charge on any atom is -0.508 e. The first-order chi connectivity index (χ1) is 35.5. The van der Waals surface area contributed by atoms with Crippen molar-refractivity contribution in [2.75, 3.05) is 23.4 Å². The largest absolute Gasteiger partial charge is 0.508 e. The number of phenols is 1. The second-order valence-electron chi connectivity index (χ2n) is 18.5. The number of urea groups is 1. The van der Waals surface area contributed by atoms with Gasteiger partial charge in [-0.25, -0.2) is 4.79 Å². The van der Waals surface area contributed by atoms with Gasteiger partial charge in [-0.1, -0.05) is 83.4 Å². The molecular weight excluding hydrogens is 1030 g/mol. The van der Waals surface area contributed by atoms with Crippen LogP contribution in [-0.2, 0) is 57.6 Å². The first kappa shape index (κ1) is 61.0. The van der Waals surface area contributed by atoms with E-state index in [1.165, 1.54) is 50.2 Å². The second-order valence-corrected chi connectivity index (χ2v) is 21.4. The van der Waals surface area contributed by atoms with Crippen LogP contribution in [0, 0.1) is 11.8 Å². The number of rotatable bonds is 18. The number of hydrogen-bond donors (Lipinski definition) is 13. The Morgan fingerprint density at radius 1 is 0.720 bits per heavy atom. The Kier molecular flexibility index (Phi) is 24.4. The Balaban J connectivity index is 1.75. The predicted molar refractivity (Wildman–Crippen MR) is 287 cm³/mol. The Morgan fingerprint density at radius 2 is 1.31 bits per heavy atom. The third-order valence-electron chi connectivity index (χ3n) is 12.1. The number of phenolic OH excluding ortho intramolecular Hbond substituents is 1. The average Bonchev–Trinajstić information content (AvgIpc) is 3.35. The van der Waals surface area contributed by atoms with Gasteiger partial charge >= 0.3 is 6.03 Å². The summed E-state index contributed by atoms with van der Waals surface area (Å²) in [4.78, 5) is 123. The highest BCUT2D eigenvalue weighted by molar-refractivity contribution is 8.76. The van der Waals surface area contributed by atoms with Crippen LogP contribution in [0.4, 0.5) is 10.5 Å². The van der Waals surface area contributed by atoms with Crippen LogP contribution in [0.1, 0.15) is 63.6 Å². The number of aromatic hydroxyl groups is 1. The lowest BCUT2D eigenvalue weighted by atomic mass is 9.88. The van der Waals surface area contributed by atoms with Crippen LogP contribution >= 0.6 is 33.2 Å². The number of hydrogen-bond acceptors (Lipinski definition) is 14. The van der Waals surface area contributed by atoms with Crippen molar-refractivity contribution in [2.24, 2.45) is 29.0 Å². The summed E-state index contributed by atoms with van der Waals surface area (Å²) in [6.45, 7) is 6.55. The molecule has 4 rings (SSSR count). The first-order valence-corrected chi connectivity index (χ1v) is 27.1. The molecule has 0 aliphatic carbocycles. The summed E-state index contributed by atoms with van der Waals surface area (Å²) in [5, 5.41) is 42.1. The zero-order valence-electron chi connectivity index (χ0n) is 42.1. The fourth-order valence-corrected chi connectivity index (χ4v) is 10.1. The van der Waals surface area contributed by atoms with Crippen LogP contribution in [0.15, 0.2) is 72.8 Å². The number of benzene rings is 3. The first-order valence-electron chi connectivity index (χ1n) is 24.3. The Bertz CT molecular complexity index is 2450. The molecule has 0 bridgehead atoms. The summed E-state index contributed by atoms with van der Waals surface area (Å²) in [6.07, 6.45) is -0.828. The molecular formula is C50H68ClN11O11S2. The van der Waals surface area contributed by atoms with E-state index in [9.17, 15) is 53.4 Å². The highest BCUT2D eigenvalue weighted by atomic mass is 35.5. The van der Waals surface area contributed by atoms with Gasteiger partial charge in [0.1, 0.15) is 48.0 Å². The minimum absolute atomic E-state index is 0.0115. The number of aliphatic hydroxyl groups is 1. The molecule has 408 valence electrons. The molecule has 0 spiro atoms. The van der Waals surface area contributed by atoms with Crippen LogP contribution in [0.5, 0.6) is 5.75 Å². The molecule has 9 unspecified atom stereocenters. The van der Waals surface area contributed by atoms with Crippen LogP contribution in [0.25, 0.3) is 0 Å². The van der Waals surface area contributed by atoms with Crippen LogP contribution in [0.3, 0.4) is 0 Å². The van der Waals surface area contributed by atoms with Gasteiger partial charge in [0.05, 0.1) is 6.10 Å². The highest BCUT2D eigenvalue weighted by Crippen LogP contribution is 2.25. The van der Waals surface area contributed by atoms with E-state index in [0.29, 0.717) is 41.1 Å². The van der Waals surface area contributed by atoms with Gasteiger partial charge in [-0.05, 0) is 105 Å². The Hall–Kier alpha value is -6.60. The third-order valence-corrected chi connectivity index (χ3v) is 14.7. The number of carbonyl (C=O) groups excluding carboxylic acids is 9. The minimum atomic E-state index is -1.72. The molecule has 9 atom stereocenters. The van der Waals surface area contributed by atoms with Crippen LogP contribution in [0.2, 0.25) is 5.02 Å². The number of carbonyl (C=O) groups is 9. The van der Waals surface area contributed by atoms with E-state index in [4.69, 9.17) is 28.8 Å². The zero-order valence-corrected chi connectivity index (χ0v) is 44.4. The average molecular weight is 1100 g/mol. The maximum absolute atomic E-state index is 14.3. The predicted octanol–water partition coefficient (Wildman–Crippen LogP) is 0.640. The van der Waals surface area contributed by atoms with Crippen molar-refractivity contribution in [3.63, 3.8) is 0 Å². The number of primary amides is 2. The van der Waals surface area contributed by atoms with Gasteiger partial charge in [-0.15, -0.1) is 0 Å². The monoisotopic (exact) mass is 1100 g/mol. The summed E-state index contributed by atoms with van der Waals surface area (Å²) in [7, 11) is 2.03. The van der Waals surface area contributed by atoms with E-state index in [0.717, 1.165) is 27.2 Å². The zero-order chi connectivity index (χ0) is 55.4. The summed E-state index contributed by atoms with van der Waals surface area (Å²) in [6, 6.07) is 8.26. The molecule has 0 aromatic heterocycles. The maximum Gasteiger partial charge on any atom is 0.316 e. The lowest BCUT2D eigenvalue weighted by Crippen LogP contribution is -2.62. The molecule has 0 radical (unpaired) electrons. The van der Waals surface area contributed by atoms with Gasteiger partial charge < -0.3 is 69.9 Å². The fourth-order valence-electron chi connectivity index (χ4n) is 7.69. The number of anilines is 1. The van der Waals surface area contributed by atoms with Gasteiger partial charge in [0, 0.05) is 41.0 Å². The molecule has 1 aliphatic heterocycles. The molecule has 3 aromatic carbocycles. The molecule has 1 aliphatic rings. The molecule has 10 amide bonds. The maximum atomic E-state index is 14.3. The normalized spacial score (nSPS) is 21.6. The van der Waals surface area contributed by atoms with E-state index in [1.54, 1.807) is 36.4 Å². The lowest BCUT2D eigenvalue weighted by Gasteiger charge is -2.29. The lowest BCUT2D eigenvalue weighted by molar-refractivity contribution is -0.136. The summed E-state index contributed by atoms with van der Waals surface area (Å²) < 4.78 is 0. The molecule has 25 heteroatoms. The van der Waals surface area contributed by atoms with Crippen molar-refractivity contribution in [3.05, 3.63) is 94.5 Å². The number of halogens is 1. The standard InChI is InChI=1S/C50H68ClN11O11S2/c1-26(2)35(21-29-8-14-32(51)15-9-29)44(67)60-39-24-74-75-25-40(48(71)58-37(42(53)65)22-31-12-18-34(64)19-13-31)61-49(72)41(28(4)63)62-45(68)36(7-5-6-20-52)57-46(69)38(59-43(66)27(3)55-47(39)70)23-30-10-16-33(17-11-30)56-50(54)73/h8-19,26-28,35-41,63-64H,5-7,20-25,52H2,1-4H3,(H2,53,65)(H,55,70)(H,57,69)(H,58,71)(H,59,66)(H,60,67)(H,61,72)(H,62,68)(H3,54,56,73). The fraction of sp³-hybridized carbons (Fsp3) is 0.460. The van der Waals surface area contributed by atoms with E-state index >= 15 is 0 Å². The molecule has 0 saturated carbocycles. The molecule has 75 heavy (non-hydrogen) atoms. The third kappa shape index (κ3) is 20.2. The van der Waals surface area contributed by atoms with Crippen molar-refractivity contribution in [2.45, 2.75) is 115 Å². The number of nitrogens with two attached hydrogens (primary N) is 3. The topological polar surface area (TPSA) is 368 Å². The van der Waals surface area contributed by atoms with Gasteiger partial charge in [-0.3, -0.25) is 38.4 Å². The molecule has 1 heterocycles. The molecule has 22 nitrogen and oxygen atoms in total. The number of amides is 10. The van der Waals surface area contributed by atoms with E-state index in [1.807, 2.05) is 13.8 Å². The van der Waals surface area contributed by atoms with Gasteiger partial charge in [0.2, 0.25) is 47.3 Å². The van der Waals surface area contributed by atoms with E-state index < -0.39 is 108 Å². The second kappa shape index (κ2) is 30.1. The highest BCUT2D eigenvalue weighted by Gasteiger charge is 2.36. The van der Waals surface area contributed by atoms with Crippen molar-refractivity contribution in [1.29, 1.82) is 0 Å². The summed E-state index contributed by atoms with van der Waals surface area (Å²) in [5.41, 5.74) is 18.9. The molecule has 3 aromatic rings. The molecule has 16 N–H and O–H groups in total. The van der Waals surface area contributed by atoms with E-state index in [2.05, 4.69) is 42.5 Å². The summed E-state index contributed by atoms with van der Waals surface area (Å²) in [5.74, 6) is -7.96. The van der Waals surface area contributed by atoms with Gasteiger partial charge in [0.25, 0.3) is 0 Å². The van der Waals surface area contributed by atoms with Crippen LogP contribution < -0.4 is 59.7 Å². The quantitative estimate of drug-likeness (QED) is 0.0615. The Labute approximate surface area is 448 Å². The van der Waals surface area contributed by atoms with Crippen LogP contribution in [-0.4, -0.2) is 130 Å². The summed E-state index contributed by atoms with van der Waals surface area (Å²) >= 11 is 6.12. The smallest absolute Gasteiger partial charge is 0.316 e. The number of nitrogens with one attached hydrogen (secondary N) is 8. The molecule has 1 saturated heterocycles. The van der Waals surface area contributed by atoms with Gasteiger partial charge in [0.15, 0.2) is 0 Å². The van der Waals surface area contributed by atoms with Gasteiger partial charge in [-0.2, -0.15) is 0 Å². The van der Waals surface area contributed by atoms with Crippen molar-refractivity contribution in [1.82, 2.24) is 37.2 Å². The van der Waals surface area contributed by atoms with Crippen molar-refractivity contribution < 1.29 is 53.4 Å². The van der Waals surface area contributed by atoms with Crippen molar-refractivity contribution in [3.8, 4) is 5.75 Å². The number of aliphatic hydroxyl groups excluding tert-OH is 1. The SMILES string of the molecule is CC1NC(=O)C(NC(=O)C(Cc2ccc(Cl)cc2)C(C)C)CSSCC(C(=O)NC(Cc2ccc(O)cc2)C(N)=O)NC(=O)C(C(C)O)NC(=O)C(CCCCN)NC(=O)C(Cc2ccc(NC(N)=O)cc2)NC1=O. The van der Waals surface area contributed by atoms with E-state index in [-0.39, 0.29) is 49.0 Å². The number of unbranched alkanes of at least 4 members (excludes halogenated alkanes) is 1.